The highest BCUT2D eigenvalue weighted by atomic mass is 35.5. The van der Waals surface area contributed by atoms with Gasteiger partial charge >= 0.3 is 0 Å². The summed E-state index contributed by atoms with van der Waals surface area (Å²) in [7, 11) is 0.586. The second-order valence-corrected chi connectivity index (χ2v) is 6.03. The van der Waals surface area contributed by atoms with Gasteiger partial charge < -0.3 is 15.2 Å². The number of hydrogen-bond donors (Lipinski definition) is 1. The van der Waals surface area contributed by atoms with E-state index in [9.17, 15) is 8.42 Å². The van der Waals surface area contributed by atoms with E-state index in [0.717, 1.165) is 0 Å². The summed E-state index contributed by atoms with van der Waals surface area (Å²) >= 11 is 0. The van der Waals surface area contributed by atoms with Crippen molar-refractivity contribution in [3.8, 4) is 11.5 Å². The molecule has 0 radical (unpaired) electrons. The van der Waals surface area contributed by atoms with E-state index in [2.05, 4.69) is 0 Å². The van der Waals surface area contributed by atoms with Crippen molar-refractivity contribution in [3.63, 3.8) is 0 Å². The van der Waals surface area contributed by atoms with Crippen molar-refractivity contribution in [1.29, 1.82) is 0 Å². The highest BCUT2D eigenvalue weighted by molar-refractivity contribution is 7.89. The first-order valence-corrected chi connectivity index (χ1v) is 7.23. The first kappa shape index (κ1) is 19.0. The molecule has 0 aliphatic rings. The number of sulfonamides is 1. The maximum atomic E-state index is 12.6. The van der Waals surface area contributed by atoms with Crippen LogP contribution in [0.4, 0.5) is 0 Å². The summed E-state index contributed by atoms with van der Waals surface area (Å²) in [6, 6.07) is 4.51. The Balaban J connectivity index is 0.00000361. The van der Waals surface area contributed by atoms with E-state index in [0.29, 0.717) is 0 Å². The first-order chi connectivity index (χ1) is 8.89. The lowest BCUT2D eigenvalue weighted by Gasteiger charge is -2.24. The van der Waals surface area contributed by atoms with Gasteiger partial charge in [-0.25, -0.2) is 8.42 Å². The molecular weight excluding hydrogens is 304 g/mol. The van der Waals surface area contributed by atoms with Crippen LogP contribution in [0.3, 0.4) is 0 Å². The number of nitrogens with zero attached hydrogens (tertiary/aromatic N) is 1. The molecule has 0 saturated carbocycles. The highest BCUT2D eigenvalue weighted by Gasteiger charge is 2.31. The highest BCUT2D eigenvalue weighted by Crippen LogP contribution is 2.35. The molecule has 0 aliphatic carbocycles. The summed E-state index contributed by atoms with van der Waals surface area (Å²) in [5.74, 6) is 0.492. The predicted molar refractivity (Wildman–Crippen MR) is 80.3 cm³/mol. The van der Waals surface area contributed by atoms with Crippen molar-refractivity contribution in [2.24, 2.45) is 5.73 Å². The van der Waals surface area contributed by atoms with Crippen molar-refractivity contribution in [3.05, 3.63) is 18.2 Å². The number of methoxy groups -OCH3 is 2. The van der Waals surface area contributed by atoms with Gasteiger partial charge in [0.1, 0.15) is 11.5 Å². The van der Waals surface area contributed by atoms with Crippen LogP contribution in [0.15, 0.2) is 23.1 Å². The van der Waals surface area contributed by atoms with E-state index in [1.807, 2.05) is 0 Å². The Morgan fingerprint density at radius 1 is 1.25 bits per heavy atom. The molecule has 1 rings (SSSR count). The van der Waals surface area contributed by atoms with E-state index in [1.54, 1.807) is 25.1 Å². The molecule has 0 fully saturated rings. The fourth-order valence-electron chi connectivity index (χ4n) is 1.60. The van der Waals surface area contributed by atoms with Crippen molar-refractivity contribution in [1.82, 2.24) is 4.31 Å². The molecule has 1 aromatic carbocycles. The van der Waals surface area contributed by atoms with E-state index in [4.69, 9.17) is 15.2 Å². The minimum absolute atomic E-state index is 0. The van der Waals surface area contributed by atoms with Crippen LogP contribution >= 0.6 is 12.4 Å². The summed E-state index contributed by atoms with van der Waals surface area (Å²) in [5.41, 5.74) is 5.52. The molecule has 0 spiro atoms. The molecule has 1 aromatic rings. The average molecular weight is 325 g/mol. The molecule has 0 heterocycles. The number of benzene rings is 1. The zero-order valence-corrected chi connectivity index (χ0v) is 13.6. The van der Waals surface area contributed by atoms with E-state index >= 15 is 0 Å². The molecule has 20 heavy (non-hydrogen) atoms. The Morgan fingerprint density at radius 2 is 1.70 bits per heavy atom. The molecule has 0 aliphatic heterocycles. The Bertz CT molecular complexity index is 514. The topological polar surface area (TPSA) is 81.9 Å². The average Bonchev–Trinajstić information content (AvgIpc) is 2.44. The largest absolute Gasteiger partial charge is 0.495 e. The van der Waals surface area contributed by atoms with Crippen LogP contribution in [0, 0.1) is 0 Å². The lowest BCUT2D eigenvalue weighted by atomic mass is 10.3. The van der Waals surface area contributed by atoms with Crippen LogP contribution in [0.1, 0.15) is 6.92 Å². The maximum Gasteiger partial charge on any atom is 0.250 e. The van der Waals surface area contributed by atoms with E-state index in [1.165, 1.54) is 25.6 Å². The molecular formula is C12H21ClN2O4S. The predicted octanol–water partition coefficient (Wildman–Crippen LogP) is 1.09. The Kier molecular flexibility index (Phi) is 7.29. The Labute approximate surface area is 126 Å². The van der Waals surface area contributed by atoms with Gasteiger partial charge in [0, 0.05) is 19.6 Å². The van der Waals surface area contributed by atoms with Gasteiger partial charge in [-0.05, 0) is 19.1 Å². The standard InChI is InChI=1S/C12H20N2O4S.ClH/c1-9(8-13)14(2)19(15,16)12-10(17-3)6-5-7-11(12)18-4;/h5-7,9H,8,13H2,1-4H3;1H. The lowest BCUT2D eigenvalue weighted by molar-refractivity contribution is 0.359. The number of ether oxygens (including phenoxy) is 2. The minimum atomic E-state index is -3.73. The van der Waals surface area contributed by atoms with E-state index < -0.39 is 10.0 Å². The number of nitrogens with two attached hydrogens (primary N) is 1. The van der Waals surface area contributed by atoms with Gasteiger partial charge in [0.25, 0.3) is 10.0 Å². The molecule has 8 heteroatoms. The summed E-state index contributed by atoms with van der Waals surface area (Å²) in [6.45, 7) is 1.96. The monoisotopic (exact) mass is 324 g/mol. The minimum Gasteiger partial charge on any atom is -0.495 e. The zero-order chi connectivity index (χ0) is 14.6. The van der Waals surface area contributed by atoms with Crippen LogP contribution < -0.4 is 15.2 Å². The van der Waals surface area contributed by atoms with E-state index in [-0.39, 0.29) is 41.4 Å². The second kappa shape index (κ2) is 7.68. The summed E-state index contributed by atoms with van der Waals surface area (Å²) < 4.78 is 36.7. The second-order valence-electron chi connectivity index (χ2n) is 4.10. The smallest absolute Gasteiger partial charge is 0.250 e. The van der Waals surface area contributed by atoms with Crippen molar-refractivity contribution < 1.29 is 17.9 Å². The molecule has 2 N–H and O–H groups in total. The summed E-state index contributed by atoms with van der Waals surface area (Å²) in [5, 5.41) is 0. The molecule has 6 nitrogen and oxygen atoms in total. The first-order valence-electron chi connectivity index (χ1n) is 5.79. The Hall–Kier alpha value is -1.02. The third kappa shape index (κ3) is 3.54. The van der Waals surface area contributed by atoms with Crippen LogP contribution in [-0.2, 0) is 10.0 Å². The zero-order valence-electron chi connectivity index (χ0n) is 12.0. The fourth-order valence-corrected chi connectivity index (χ4v) is 3.26. The number of hydrogen-bond acceptors (Lipinski definition) is 5. The van der Waals surface area contributed by atoms with Crippen molar-refractivity contribution in [2.45, 2.75) is 17.9 Å². The molecule has 116 valence electrons. The van der Waals surface area contributed by atoms with Crippen LogP contribution in [0.5, 0.6) is 11.5 Å². The van der Waals surface area contributed by atoms with Gasteiger partial charge in [-0.15, -0.1) is 12.4 Å². The molecule has 0 aromatic heterocycles. The molecule has 1 unspecified atom stereocenters. The van der Waals surface area contributed by atoms with Gasteiger partial charge in [-0.2, -0.15) is 4.31 Å². The molecule has 1 atom stereocenters. The Morgan fingerprint density at radius 3 is 2.05 bits per heavy atom. The number of likely N-dealkylation sites (N-methyl/N-ethyl adjacent to an activating group) is 1. The van der Waals surface area contributed by atoms with Crippen molar-refractivity contribution in [2.75, 3.05) is 27.8 Å². The van der Waals surface area contributed by atoms with Gasteiger partial charge in [0.15, 0.2) is 4.90 Å². The SMILES string of the molecule is COc1cccc(OC)c1S(=O)(=O)N(C)C(C)CN.Cl. The molecule has 0 saturated heterocycles. The third-order valence-corrected chi connectivity index (χ3v) is 5.02. The number of rotatable bonds is 6. The molecule has 0 bridgehead atoms. The molecule has 0 amide bonds. The third-order valence-electron chi connectivity index (χ3n) is 2.98. The van der Waals surface area contributed by atoms with Gasteiger partial charge in [0.05, 0.1) is 14.2 Å². The van der Waals surface area contributed by atoms with Crippen LogP contribution in [0.2, 0.25) is 0 Å². The summed E-state index contributed by atoms with van der Waals surface area (Å²) in [4.78, 5) is 0.0165. The fraction of sp³-hybridized carbons (Fsp3) is 0.500. The maximum absolute atomic E-state index is 12.6. The van der Waals surface area contributed by atoms with Crippen molar-refractivity contribution >= 4 is 22.4 Å². The van der Waals surface area contributed by atoms with Crippen LogP contribution in [0.25, 0.3) is 0 Å². The van der Waals surface area contributed by atoms with Gasteiger partial charge in [0.2, 0.25) is 0 Å². The van der Waals surface area contributed by atoms with Gasteiger partial charge in [-0.3, -0.25) is 0 Å². The quantitative estimate of drug-likeness (QED) is 0.847. The lowest BCUT2D eigenvalue weighted by Crippen LogP contribution is -2.39. The normalized spacial score (nSPS) is 12.7. The number of halogens is 1. The van der Waals surface area contributed by atoms with Gasteiger partial charge in [-0.1, -0.05) is 6.07 Å². The van der Waals surface area contributed by atoms with Crippen LogP contribution in [-0.4, -0.2) is 46.6 Å². The summed E-state index contributed by atoms with van der Waals surface area (Å²) in [6.07, 6.45) is 0.